The number of methoxy groups -OCH3 is 1. The lowest BCUT2D eigenvalue weighted by molar-refractivity contribution is -0.140. The van der Waals surface area contributed by atoms with E-state index in [-0.39, 0.29) is 12.2 Å². The van der Waals surface area contributed by atoms with Gasteiger partial charge in [-0.2, -0.15) is 4.98 Å². The van der Waals surface area contributed by atoms with Crippen LogP contribution in [0.3, 0.4) is 0 Å². The number of ether oxygens (including phenoxy) is 1. The summed E-state index contributed by atoms with van der Waals surface area (Å²) < 4.78 is 6.77. The van der Waals surface area contributed by atoms with Crippen molar-refractivity contribution in [2.24, 2.45) is 0 Å². The molecule has 0 aromatic carbocycles. The normalized spacial score (nSPS) is 12.3. The Morgan fingerprint density at radius 1 is 1.53 bits per heavy atom. The summed E-state index contributed by atoms with van der Waals surface area (Å²) in [5, 5.41) is 0. The Hall–Kier alpha value is -0.690. The standard InChI is InChI=1S/C10H12Br2N2O3/c1-5-8(12)6(2)14(10(16)13-5)4-7(11)9(15)17-3/h7H,4H2,1-3H3. The minimum atomic E-state index is -0.569. The van der Waals surface area contributed by atoms with Crippen molar-refractivity contribution in [3.63, 3.8) is 0 Å². The third-order valence-corrected chi connectivity index (χ3v) is 4.15. The summed E-state index contributed by atoms with van der Waals surface area (Å²) in [6.07, 6.45) is 0. The molecule has 1 unspecified atom stereocenters. The maximum Gasteiger partial charge on any atom is 0.348 e. The number of carbonyl (C=O) groups is 1. The van der Waals surface area contributed by atoms with Crippen molar-refractivity contribution >= 4 is 37.8 Å². The number of rotatable bonds is 3. The molecule has 0 N–H and O–H groups in total. The molecule has 0 fully saturated rings. The van der Waals surface area contributed by atoms with Crippen LogP contribution >= 0.6 is 31.9 Å². The average molecular weight is 368 g/mol. The highest BCUT2D eigenvalue weighted by atomic mass is 79.9. The van der Waals surface area contributed by atoms with Crippen LogP contribution in [0.4, 0.5) is 0 Å². The van der Waals surface area contributed by atoms with Gasteiger partial charge < -0.3 is 4.74 Å². The summed E-state index contributed by atoms with van der Waals surface area (Å²) >= 11 is 6.53. The summed E-state index contributed by atoms with van der Waals surface area (Å²) in [5.41, 5.74) is 0.986. The first-order chi connectivity index (χ1) is 7.88. The van der Waals surface area contributed by atoms with Crippen molar-refractivity contribution in [2.75, 3.05) is 7.11 Å². The number of aromatic nitrogens is 2. The third-order valence-electron chi connectivity index (χ3n) is 2.33. The first kappa shape index (κ1) is 14.4. The predicted octanol–water partition coefficient (Wildman–Crippen LogP) is 1.56. The van der Waals surface area contributed by atoms with Crippen molar-refractivity contribution in [1.29, 1.82) is 0 Å². The van der Waals surface area contributed by atoms with E-state index < -0.39 is 10.8 Å². The molecule has 7 heteroatoms. The van der Waals surface area contributed by atoms with Crippen LogP contribution in [0.1, 0.15) is 11.4 Å². The number of carbonyl (C=O) groups excluding carboxylic acids is 1. The second-order valence-electron chi connectivity index (χ2n) is 3.48. The summed E-state index contributed by atoms with van der Waals surface area (Å²) in [6.45, 7) is 3.72. The Kier molecular flexibility index (Phi) is 4.88. The molecule has 0 spiro atoms. The van der Waals surface area contributed by atoms with Gasteiger partial charge in [0.15, 0.2) is 0 Å². The van der Waals surface area contributed by atoms with Gasteiger partial charge in [0.2, 0.25) is 0 Å². The molecule has 1 atom stereocenters. The average Bonchev–Trinajstić information content (AvgIpc) is 2.30. The number of halogens is 2. The third kappa shape index (κ3) is 3.16. The molecular weight excluding hydrogens is 356 g/mol. The molecule has 0 amide bonds. The van der Waals surface area contributed by atoms with Crippen molar-refractivity contribution in [2.45, 2.75) is 25.2 Å². The van der Waals surface area contributed by atoms with Gasteiger partial charge in [-0.25, -0.2) is 4.79 Å². The zero-order valence-electron chi connectivity index (χ0n) is 9.66. The fourth-order valence-corrected chi connectivity index (χ4v) is 2.13. The van der Waals surface area contributed by atoms with Crippen LogP contribution in [-0.2, 0) is 16.1 Å². The second-order valence-corrected chi connectivity index (χ2v) is 5.38. The zero-order valence-corrected chi connectivity index (χ0v) is 12.8. The van der Waals surface area contributed by atoms with E-state index in [9.17, 15) is 9.59 Å². The summed E-state index contributed by atoms with van der Waals surface area (Å²) in [6, 6.07) is 0. The van der Waals surface area contributed by atoms with Crippen LogP contribution in [0.15, 0.2) is 9.27 Å². The number of esters is 1. The number of hydrogen-bond acceptors (Lipinski definition) is 4. The molecule has 1 aromatic heterocycles. The van der Waals surface area contributed by atoms with Crippen LogP contribution in [0.2, 0.25) is 0 Å². The minimum absolute atomic E-state index is 0.184. The van der Waals surface area contributed by atoms with Crippen molar-refractivity contribution in [3.8, 4) is 0 Å². The molecule has 94 valence electrons. The van der Waals surface area contributed by atoms with Crippen molar-refractivity contribution < 1.29 is 9.53 Å². The van der Waals surface area contributed by atoms with Crippen LogP contribution in [0.5, 0.6) is 0 Å². The van der Waals surface area contributed by atoms with Gasteiger partial charge in [0.25, 0.3) is 0 Å². The lowest BCUT2D eigenvalue weighted by Crippen LogP contribution is -2.32. The van der Waals surface area contributed by atoms with E-state index in [0.29, 0.717) is 5.69 Å². The van der Waals surface area contributed by atoms with Crippen LogP contribution < -0.4 is 5.69 Å². The van der Waals surface area contributed by atoms with Gasteiger partial charge in [-0.05, 0) is 29.8 Å². The lowest BCUT2D eigenvalue weighted by atomic mass is 10.3. The number of hydrogen-bond donors (Lipinski definition) is 0. The Labute approximate surface area is 115 Å². The lowest BCUT2D eigenvalue weighted by Gasteiger charge is -2.14. The molecule has 0 radical (unpaired) electrons. The van der Waals surface area contributed by atoms with E-state index in [1.165, 1.54) is 11.7 Å². The number of alkyl halides is 1. The fourth-order valence-electron chi connectivity index (χ4n) is 1.35. The quantitative estimate of drug-likeness (QED) is 0.600. The minimum Gasteiger partial charge on any atom is -0.468 e. The Bertz CT molecular complexity index is 499. The Morgan fingerprint density at radius 3 is 2.65 bits per heavy atom. The molecule has 1 heterocycles. The molecule has 17 heavy (non-hydrogen) atoms. The van der Waals surface area contributed by atoms with E-state index in [2.05, 4.69) is 41.6 Å². The maximum atomic E-state index is 11.7. The van der Waals surface area contributed by atoms with Gasteiger partial charge >= 0.3 is 11.7 Å². The summed E-state index contributed by atoms with van der Waals surface area (Å²) in [4.78, 5) is 26.3. The van der Waals surface area contributed by atoms with E-state index in [1.54, 1.807) is 13.8 Å². The second kappa shape index (κ2) is 5.77. The molecule has 5 nitrogen and oxygen atoms in total. The van der Waals surface area contributed by atoms with E-state index >= 15 is 0 Å². The van der Waals surface area contributed by atoms with Gasteiger partial charge in [-0.3, -0.25) is 9.36 Å². The van der Waals surface area contributed by atoms with E-state index in [4.69, 9.17) is 0 Å². The molecule has 1 aromatic rings. The summed E-state index contributed by atoms with van der Waals surface area (Å²) in [7, 11) is 1.30. The topological polar surface area (TPSA) is 61.2 Å². The van der Waals surface area contributed by atoms with Gasteiger partial charge in [-0.1, -0.05) is 15.9 Å². The first-order valence-corrected chi connectivity index (χ1v) is 6.54. The van der Waals surface area contributed by atoms with Crippen molar-refractivity contribution in [3.05, 3.63) is 26.3 Å². The van der Waals surface area contributed by atoms with E-state index in [1.807, 2.05) is 0 Å². The van der Waals surface area contributed by atoms with Gasteiger partial charge in [-0.15, -0.1) is 0 Å². The first-order valence-electron chi connectivity index (χ1n) is 4.84. The zero-order chi connectivity index (χ0) is 13.2. The smallest absolute Gasteiger partial charge is 0.348 e. The monoisotopic (exact) mass is 366 g/mol. The Balaban J connectivity index is 3.12. The van der Waals surface area contributed by atoms with E-state index in [0.717, 1.165) is 10.2 Å². The maximum absolute atomic E-state index is 11.7. The van der Waals surface area contributed by atoms with Gasteiger partial charge in [0.05, 0.1) is 23.8 Å². The molecule has 0 aliphatic rings. The van der Waals surface area contributed by atoms with Crippen LogP contribution in [0.25, 0.3) is 0 Å². The number of aryl methyl sites for hydroxylation is 1. The van der Waals surface area contributed by atoms with Gasteiger partial charge in [0.1, 0.15) is 4.83 Å². The molecular formula is C10H12Br2N2O3. The largest absolute Gasteiger partial charge is 0.468 e. The molecule has 0 saturated heterocycles. The summed E-state index contributed by atoms with van der Waals surface area (Å²) in [5.74, 6) is -0.423. The SMILES string of the molecule is COC(=O)C(Br)Cn1c(C)c(Br)c(C)nc1=O. The van der Waals surface area contributed by atoms with Crippen molar-refractivity contribution in [1.82, 2.24) is 9.55 Å². The number of nitrogens with zero attached hydrogens (tertiary/aromatic N) is 2. The fraction of sp³-hybridized carbons (Fsp3) is 0.500. The molecule has 0 aliphatic heterocycles. The molecule has 0 bridgehead atoms. The van der Waals surface area contributed by atoms with Crippen LogP contribution in [-0.4, -0.2) is 27.5 Å². The molecule has 1 rings (SSSR count). The molecule has 0 aliphatic carbocycles. The highest BCUT2D eigenvalue weighted by Gasteiger charge is 2.19. The Morgan fingerprint density at radius 2 is 2.12 bits per heavy atom. The molecule has 0 saturated carbocycles. The van der Waals surface area contributed by atoms with Crippen LogP contribution in [0, 0.1) is 13.8 Å². The highest BCUT2D eigenvalue weighted by Crippen LogP contribution is 2.17. The predicted molar refractivity (Wildman–Crippen MR) is 70.4 cm³/mol. The van der Waals surface area contributed by atoms with Gasteiger partial charge in [0, 0.05) is 5.69 Å². The highest BCUT2D eigenvalue weighted by molar-refractivity contribution is 9.10.